The van der Waals surface area contributed by atoms with Crippen molar-refractivity contribution < 1.29 is 5.11 Å². The minimum absolute atomic E-state index is 0.136. The molecular formula is C16H21N3O. The topological polar surface area (TPSA) is 41.3 Å². The number of rotatable bonds is 4. The Balaban J connectivity index is 1.97. The number of anilines is 1. The van der Waals surface area contributed by atoms with Crippen molar-refractivity contribution in [2.24, 2.45) is 0 Å². The van der Waals surface area contributed by atoms with Crippen LogP contribution in [0.4, 0.5) is 5.82 Å². The van der Waals surface area contributed by atoms with Gasteiger partial charge in [0.15, 0.2) is 0 Å². The molecule has 0 radical (unpaired) electrons. The summed E-state index contributed by atoms with van der Waals surface area (Å²) >= 11 is 0. The van der Waals surface area contributed by atoms with Crippen LogP contribution >= 0.6 is 0 Å². The Bertz CT molecular complexity index is 544. The highest BCUT2D eigenvalue weighted by atomic mass is 16.3. The van der Waals surface area contributed by atoms with Gasteiger partial charge in [0, 0.05) is 25.2 Å². The first-order chi connectivity index (χ1) is 9.90. The highest BCUT2D eigenvalue weighted by molar-refractivity contribution is 5.59. The molecule has 106 valence electrons. The Morgan fingerprint density at radius 3 is 2.50 bits per heavy atom. The van der Waals surface area contributed by atoms with Gasteiger partial charge in [0.05, 0.1) is 12.8 Å². The molecule has 1 N–H and O–H groups in total. The van der Waals surface area contributed by atoms with Gasteiger partial charge in [-0.15, -0.1) is 0 Å². The second-order valence-corrected chi connectivity index (χ2v) is 5.23. The number of nitrogens with zero attached hydrogens (tertiary/aromatic N) is 3. The number of imidazole rings is 1. The van der Waals surface area contributed by atoms with Crippen LogP contribution in [0.15, 0.2) is 36.5 Å². The molecule has 0 atom stereocenters. The summed E-state index contributed by atoms with van der Waals surface area (Å²) < 4.78 is 2.14. The highest BCUT2D eigenvalue weighted by Gasteiger charge is 2.18. The number of aromatic nitrogens is 2. The number of hydrogen-bond acceptors (Lipinski definition) is 3. The zero-order chi connectivity index (χ0) is 13.8. The molecule has 1 aromatic carbocycles. The van der Waals surface area contributed by atoms with E-state index in [1.54, 1.807) is 0 Å². The first-order valence-electron chi connectivity index (χ1n) is 7.37. The standard InChI is InChI=1S/C16H21N3O/c20-12-11-19-15(18-9-5-2-6-10-18)13-17-16(19)14-7-3-1-4-8-14/h1,3-4,7-8,13,20H,2,5-6,9-12H2. The maximum absolute atomic E-state index is 9.37. The van der Waals surface area contributed by atoms with Crippen molar-refractivity contribution in [3.05, 3.63) is 36.5 Å². The Kier molecular flexibility index (Phi) is 4.02. The van der Waals surface area contributed by atoms with Gasteiger partial charge >= 0.3 is 0 Å². The van der Waals surface area contributed by atoms with Crippen molar-refractivity contribution in [2.45, 2.75) is 25.8 Å². The molecule has 1 saturated heterocycles. The van der Waals surface area contributed by atoms with Crippen molar-refractivity contribution in [1.82, 2.24) is 9.55 Å². The van der Waals surface area contributed by atoms with E-state index >= 15 is 0 Å². The van der Waals surface area contributed by atoms with Crippen LogP contribution in [-0.2, 0) is 6.54 Å². The number of piperidine rings is 1. The van der Waals surface area contributed by atoms with Gasteiger partial charge in [-0.25, -0.2) is 4.98 Å². The van der Waals surface area contributed by atoms with Crippen LogP contribution in [0.1, 0.15) is 19.3 Å². The predicted molar refractivity (Wildman–Crippen MR) is 80.8 cm³/mol. The summed E-state index contributed by atoms with van der Waals surface area (Å²) in [7, 11) is 0. The Morgan fingerprint density at radius 1 is 1.05 bits per heavy atom. The third kappa shape index (κ3) is 2.56. The van der Waals surface area contributed by atoms with E-state index in [-0.39, 0.29) is 6.61 Å². The largest absolute Gasteiger partial charge is 0.395 e. The molecule has 0 amide bonds. The van der Waals surface area contributed by atoms with Gasteiger partial charge in [-0.05, 0) is 19.3 Å². The minimum Gasteiger partial charge on any atom is -0.395 e. The second kappa shape index (κ2) is 6.09. The monoisotopic (exact) mass is 271 g/mol. The lowest BCUT2D eigenvalue weighted by Gasteiger charge is -2.29. The molecule has 1 aliphatic rings. The molecule has 0 bridgehead atoms. The smallest absolute Gasteiger partial charge is 0.141 e. The van der Waals surface area contributed by atoms with Crippen LogP contribution < -0.4 is 4.90 Å². The van der Waals surface area contributed by atoms with E-state index in [1.165, 1.54) is 19.3 Å². The molecular weight excluding hydrogens is 250 g/mol. The molecule has 0 aliphatic carbocycles. The van der Waals surface area contributed by atoms with E-state index in [9.17, 15) is 5.11 Å². The van der Waals surface area contributed by atoms with Crippen LogP contribution in [0.5, 0.6) is 0 Å². The zero-order valence-corrected chi connectivity index (χ0v) is 11.7. The number of aliphatic hydroxyl groups excluding tert-OH is 1. The molecule has 20 heavy (non-hydrogen) atoms. The quantitative estimate of drug-likeness (QED) is 0.929. The van der Waals surface area contributed by atoms with Crippen molar-refractivity contribution in [2.75, 3.05) is 24.6 Å². The summed E-state index contributed by atoms with van der Waals surface area (Å²) in [5.74, 6) is 2.08. The van der Waals surface area contributed by atoms with E-state index in [0.717, 1.165) is 30.3 Å². The average Bonchev–Trinajstić information content (AvgIpc) is 2.93. The van der Waals surface area contributed by atoms with E-state index in [2.05, 4.69) is 26.6 Å². The molecule has 1 aromatic heterocycles. The number of benzene rings is 1. The molecule has 0 unspecified atom stereocenters. The molecule has 0 saturated carbocycles. The van der Waals surface area contributed by atoms with Gasteiger partial charge in [0.1, 0.15) is 11.6 Å². The Hall–Kier alpha value is -1.81. The van der Waals surface area contributed by atoms with E-state index < -0.39 is 0 Å². The van der Waals surface area contributed by atoms with Crippen molar-refractivity contribution in [3.8, 4) is 11.4 Å². The summed E-state index contributed by atoms with van der Waals surface area (Å²) in [5.41, 5.74) is 1.10. The summed E-state index contributed by atoms with van der Waals surface area (Å²) in [6, 6.07) is 10.2. The molecule has 2 aromatic rings. The van der Waals surface area contributed by atoms with Crippen LogP contribution in [0.3, 0.4) is 0 Å². The highest BCUT2D eigenvalue weighted by Crippen LogP contribution is 2.26. The van der Waals surface area contributed by atoms with Gasteiger partial charge in [-0.3, -0.25) is 0 Å². The Labute approximate surface area is 119 Å². The van der Waals surface area contributed by atoms with Crippen LogP contribution in [0, 0.1) is 0 Å². The summed E-state index contributed by atoms with van der Waals surface area (Å²) in [6.07, 6.45) is 5.75. The first-order valence-corrected chi connectivity index (χ1v) is 7.37. The maximum atomic E-state index is 9.37. The number of aliphatic hydroxyl groups is 1. The molecule has 4 nitrogen and oxygen atoms in total. The third-order valence-electron chi connectivity index (χ3n) is 3.87. The molecule has 2 heterocycles. The van der Waals surface area contributed by atoms with Crippen LogP contribution in [-0.4, -0.2) is 34.4 Å². The molecule has 3 rings (SSSR count). The molecule has 4 heteroatoms. The summed E-state index contributed by atoms with van der Waals surface area (Å²) in [6.45, 7) is 2.91. The van der Waals surface area contributed by atoms with Crippen molar-refractivity contribution in [1.29, 1.82) is 0 Å². The molecule has 1 aliphatic heterocycles. The fourth-order valence-electron chi connectivity index (χ4n) is 2.88. The maximum Gasteiger partial charge on any atom is 0.141 e. The Morgan fingerprint density at radius 2 is 1.80 bits per heavy atom. The fraction of sp³-hybridized carbons (Fsp3) is 0.438. The van der Waals surface area contributed by atoms with Gasteiger partial charge < -0.3 is 14.6 Å². The lowest BCUT2D eigenvalue weighted by Crippen LogP contribution is -2.31. The molecule has 0 spiro atoms. The van der Waals surface area contributed by atoms with Crippen LogP contribution in [0.2, 0.25) is 0 Å². The van der Waals surface area contributed by atoms with E-state index in [0.29, 0.717) is 6.54 Å². The SMILES string of the molecule is OCCn1c(N2CCCCC2)cnc1-c1ccccc1. The van der Waals surface area contributed by atoms with E-state index in [1.807, 2.05) is 24.4 Å². The molecule has 1 fully saturated rings. The number of hydrogen-bond donors (Lipinski definition) is 1. The predicted octanol–water partition coefficient (Wildman–Crippen LogP) is 2.53. The fourth-order valence-corrected chi connectivity index (χ4v) is 2.88. The lowest BCUT2D eigenvalue weighted by atomic mass is 10.1. The average molecular weight is 271 g/mol. The normalized spacial score (nSPS) is 15.6. The van der Waals surface area contributed by atoms with Crippen molar-refractivity contribution >= 4 is 5.82 Å². The van der Waals surface area contributed by atoms with Gasteiger partial charge in [-0.1, -0.05) is 30.3 Å². The summed E-state index contributed by atoms with van der Waals surface area (Å²) in [5, 5.41) is 9.37. The van der Waals surface area contributed by atoms with Gasteiger partial charge in [0.25, 0.3) is 0 Å². The lowest BCUT2D eigenvalue weighted by molar-refractivity contribution is 0.276. The van der Waals surface area contributed by atoms with Crippen LogP contribution in [0.25, 0.3) is 11.4 Å². The summed E-state index contributed by atoms with van der Waals surface area (Å²) in [4.78, 5) is 6.98. The van der Waals surface area contributed by atoms with Crippen molar-refractivity contribution in [3.63, 3.8) is 0 Å². The van der Waals surface area contributed by atoms with Gasteiger partial charge in [-0.2, -0.15) is 0 Å². The van der Waals surface area contributed by atoms with Gasteiger partial charge in [0.2, 0.25) is 0 Å². The second-order valence-electron chi connectivity index (χ2n) is 5.23. The van der Waals surface area contributed by atoms with E-state index in [4.69, 9.17) is 0 Å². The first kappa shape index (κ1) is 13.2. The zero-order valence-electron chi connectivity index (χ0n) is 11.7. The third-order valence-corrected chi connectivity index (χ3v) is 3.87. The minimum atomic E-state index is 0.136.